The topological polar surface area (TPSA) is 20.2 Å². The van der Waals surface area contributed by atoms with Crippen LogP contribution in [0.2, 0.25) is 18.1 Å². The second-order valence-corrected chi connectivity index (χ2v) is 9.82. The molecule has 1 nitrogen and oxygen atoms in total. The Morgan fingerprint density at radius 1 is 1.27 bits per heavy atom. The van der Waals surface area contributed by atoms with Gasteiger partial charge >= 0.3 is 0 Å². The van der Waals surface area contributed by atoms with Crippen LogP contribution >= 0.6 is 15.9 Å². The van der Waals surface area contributed by atoms with Crippen molar-refractivity contribution in [1.82, 2.24) is 0 Å². The molecule has 0 aliphatic carbocycles. The van der Waals surface area contributed by atoms with E-state index in [0.717, 1.165) is 5.33 Å². The van der Waals surface area contributed by atoms with E-state index in [0.29, 0.717) is 0 Å². The average molecular weight is 241 g/mol. The van der Waals surface area contributed by atoms with E-state index in [1.54, 1.807) is 0 Å². The van der Waals surface area contributed by atoms with Crippen LogP contribution in [0, 0.1) is 0 Å². The van der Waals surface area contributed by atoms with Crippen molar-refractivity contribution in [2.75, 3.05) is 5.33 Å². The van der Waals surface area contributed by atoms with Gasteiger partial charge in [-0.2, -0.15) is 0 Å². The van der Waals surface area contributed by atoms with E-state index < -0.39 is 8.32 Å². The molecule has 11 heavy (non-hydrogen) atoms. The van der Waals surface area contributed by atoms with Crippen molar-refractivity contribution in [2.45, 2.75) is 45.8 Å². The Balaban J connectivity index is 0. The zero-order valence-electron chi connectivity index (χ0n) is 8.53. The van der Waals surface area contributed by atoms with Crippen molar-refractivity contribution >= 4 is 24.2 Å². The lowest BCUT2D eigenvalue weighted by Crippen LogP contribution is -2.36. The minimum absolute atomic E-state index is 0.132. The molecule has 0 heterocycles. The molecule has 0 aromatic carbocycles. The molecule has 0 rings (SSSR count). The number of alkyl halides is 1. The maximum Gasteiger partial charge on any atom is 0.187 e. The van der Waals surface area contributed by atoms with Gasteiger partial charge in [0.15, 0.2) is 8.32 Å². The van der Waals surface area contributed by atoms with Crippen molar-refractivity contribution in [3.05, 3.63) is 0 Å². The van der Waals surface area contributed by atoms with E-state index in [1.807, 2.05) is 20.0 Å². The summed E-state index contributed by atoms with van der Waals surface area (Å²) in [4.78, 5) is 9.49. The molecule has 0 radical (unpaired) electrons. The molecule has 0 aromatic heterocycles. The van der Waals surface area contributed by atoms with Crippen molar-refractivity contribution in [2.24, 2.45) is 0 Å². The molecule has 0 saturated heterocycles. The number of hydrogen-bond donors (Lipinski definition) is 1. The highest BCUT2D eigenvalue weighted by molar-refractivity contribution is 9.09. The first-order valence-corrected chi connectivity index (χ1v) is 8.02. The van der Waals surface area contributed by atoms with E-state index in [9.17, 15) is 4.80 Å². The first-order chi connectivity index (χ1) is 4.66. The summed E-state index contributed by atoms with van der Waals surface area (Å²) in [5, 5.41) is 1.19. The van der Waals surface area contributed by atoms with E-state index >= 15 is 0 Å². The van der Waals surface area contributed by atoms with E-state index in [4.69, 9.17) is 0 Å². The normalized spacial score (nSPS) is 12.0. The van der Waals surface area contributed by atoms with Crippen LogP contribution in [-0.4, -0.2) is 18.4 Å². The monoisotopic (exact) mass is 240 g/mol. The molecule has 0 amide bonds. The van der Waals surface area contributed by atoms with Crippen molar-refractivity contribution in [1.29, 1.82) is 0 Å². The fourth-order valence-electron chi connectivity index (χ4n) is 0. The van der Waals surface area contributed by atoms with Gasteiger partial charge in [0.25, 0.3) is 0 Å². The molecule has 1 N–H and O–H groups in total. The third kappa shape index (κ3) is 8.56. The van der Waals surface area contributed by atoms with Crippen LogP contribution in [-0.2, 0) is 0 Å². The van der Waals surface area contributed by atoms with Gasteiger partial charge in [-0.25, -0.2) is 0 Å². The maximum atomic E-state index is 9.49. The Kier molecular flexibility index (Phi) is 6.88. The molecule has 0 unspecified atom stereocenters. The number of rotatable bonds is 0. The zero-order valence-corrected chi connectivity index (χ0v) is 11.1. The molecule has 0 spiro atoms. The summed E-state index contributed by atoms with van der Waals surface area (Å²) >= 11 is 3.15. The van der Waals surface area contributed by atoms with Gasteiger partial charge in [0.2, 0.25) is 0 Å². The summed E-state index contributed by atoms with van der Waals surface area (Å²) in [6.07, 6.45) is 0. The smallest absolute Gasteiger partial charge is 0.187 e. The Labute approximate surface area is 80.5 Å². The molecule has 0 bridgehead atoms. The lowest BCUT2D eigenvalue weighted by Gasteiger charge is -2.30. The Morgan fingerprint density at radius 3 is 1.36 bits per heavy atom. The Morgan fingerprint density at radius 2 is 1.36 bits per heavy atom. The first-order valence-electron chi connectivity index (χ1n) is 3.95. The number of hydrogen-bond acceptors (Lipinski definition) is 1. The summed E-state index contributed by atoms with van der Waals surface area (Å²) in [7, 11) is -1.86. The third-order valence-corrected chi connectivity index (χ3v) is 5.51. The van der Waals surface area contributed by atoms with Crippen molar-refractivity contribution in [3.8, 4) is 0 Å². The fraction of sp³-hybridized carbons (Fsp3) is 1.00. The van der Waals surface area contributed by atoms with Gasteiger partial charge in [-0.15, -0.1) is 0 Å². The summed E-state index contributed by atoms with van der Waals surface area (Å²) < 4.78 is 0. The van der Waals surface area contributed by atoms with Crippen molar-refractivity contribution < 1.29 is 4.80 Å². The maximum absolute atomic E-state index is 9.49. The molecule has 0 aliphatic rings. The Hall–Kier alpha value is 0.657. The van der Waals surface area contributed by atoms with Crippen molar-refractivity contribution in [3.63, 3.8) is 0 Å². The Bertz CT molecular complexity index is 79.2. The lowest BCUT2D eigenvalue weighted by atomic mass is 10.2. The zero-order chi connectivity index (χ0) is 9.71. The van der Waals surface area contributed by atoms with Crippen LogP contribution < -0.4 is 0 Å². The molecule has 0 aliphatic heterocycles. The van der Waals surface area contributed by atoms with Gasteiger partial charge in [-0.05, 0) is 18.1 Å². The predicted octanol–water partition coefficient (Wildman–Crippen LogP) is 3.39. The highest BCUT2D eigenvalue weighted by Crippen LogP contribution is 2.33. The van der Waals surface area contributed by atoms with Gasteiger partial charge in [-0.3, -0.25) is 0 Å². The predicted molar refractivity (Wildman–Crippen MR) is 58.9 cm³/mol. The second-order valence-electron chi connectivity index (χ2n) is 4.08. The van der Waals surface area contributed by atoms with Gasteiger partial charge in [0.05, 0.1) is 0 Å². The molecule has 0 atom stereocenters. The van der Waals surface area contributed by atoms with E-state index in [-0.39, 0.29) is 5.04 Å². The highest BCUT2D eigenvalue weighted by atomic mass is 79.9. The quantitative estimate of drug-likeness (QED) is 0.509. The largest absolute Gasteiger partial charge is 0.432 e. The first kappa shape index (κ1) is 14.2. The molecular weight excluding hydrogens is 220 g/mol. The minimum atomic E-state index is -1.86. The van der Waals surface area contributed by atoms with Gasteiger partial charge in [-0.1, -0.05) is 43.6 Å². The molecule has 3 heteroatoms. The molecule has 0 fully saturated rings. The van der Waals surface area contributed by atoms with Crippen LogP contribution in [0.25, 0.3) is 0 Å². The average Bonchev–Trinajstić information content (AvgIpc) is 1.60. The molecule has 70 valence electrons. The lowest BCUT2D eigenvalue weighted by molar-refractivity contribution is 0.487. The molecular formula is C8H21BrOSi. The van der Waals surface area contributed by atoms with Gasteiger partial charge in [0.1, 0.15) is 0 Å². The van der Waals surface area contributed by atoms with Crippen LogP contribution in [0.15, 0.2) is 0 Å². The minimum Gasteiger partial charge on any atom is -0.432 e. The van der Waals surface area contributed by atoms with Crippen LogP contribution in [0.4, 0.5) is 0 Å². The second kappa shape index (κ2) is 5.33. The summed E-state index contributed by atoms with van der Waals surface area (Å²) in [5.74, 6) is 0. The highest BCUT2D eigenvalue weighted by Gasteiger charge is 2.32. The van der Waals surface area contributed by atoms with Gasteiger partial charge in [0, 0.05) is 5.33 Å². The number of halogens is 1. The van der Waals surface area contributed by atoms with Crippen LogP contribution in [0.3, 0.4) is 0 Å². The summed E-state index contributed by atoms with van der Waals surface area (Å²) in [6.45, 7) is 12.2. The standard InChI is InChI=1S/C6H16OSi.C2H5Br/c1-6(2,3)8(4,5)7;1-2-3/h7H,1-5H3;2H2,1H3. The molecule has 0 saturated carbocycles. The fourth-order valence-corrected chi connectivity index (χ4v) is 0. The molecule has 0 aromatic rings. The SMILES string of the molecule is CC(C)(C)[Si](C)(C)O.CCBr. The van der Waals surface area contributed by atoms with Gasteiger partial charge < -0.3 is 4.80 Å². The van der Waals surface area contributed by atoms with Crippen LogP contribution in [0.1, 0.15) is 27.7 Å². The van der Waals surface area contributed by atoms with Crippen LogP contribution in [0.5, 0.6) is 0 Å². The summed E-state index contributed by atoms with van der Waals surface area (Å²) in [5.41, 5.74) is 0. The summed E-state index contributed by atoms with van der Waals surface area (Å²) in [6, 6.07) is 0. The van der Waals surface area contributed by atoms with E-state index in [1.165, 1.54) is 0 Å². The third-order valence-electron chi connectivity index (χ3n) is 1.84. The van der Waals surface area contributed by atoms with E-state index in [2.05, 4.69) is 36.7 Å².